The lowest BCUT2D eigenvalue weighted by Gasteiger charge is -2.35. The minimum absolute atomic E-state index is 0.125. The molecular weight excluding hydrogens is 531 g/mol. The van der Waals surface area contributed by atoms with Crippen LogP contribution >= 0.6 is 23.2 Å². The van der Waals surface area contributed by atoms with E-state index < -0.39 is 29.2 Å². The van der Waals surface area contributed by atoms with Crippen molar-refractivity contribution in [2.45, 2.75) is 70.2 Å². The van der Waals surface area contributed by atoms with Gasteiger partial charge in [0, 0.05) is 35.1 Å². The number of carboxylic acids is 1. The third-order valence-electron chi connectivity index (χ3n) is 6.99. The van der Waals surface area contributed by atoms with E-state index in [4.69, 9.17) is 32.7 Å². The summed E-state index contributed by atoms with van der Waals surface area (Å²) in [5.41, 5.74) is -0.320. The molecule has 2 heterocycles. The molecule has 0 aromatic heterocycles. The summed E-state index contributed by atoms with van der Waals surface area (Å²) in [6.07, 6.45) is 1.13. The van der Waals surface area contributed by atoms with Gasteiger partial charge < -0.3 is 19.5 Å². The van der Waals surface area contributed by atoms with Gasteiger partial charge in [0.15, 0.2) is 0 Å². The summed E-state index contributed by atoms with van der Waals surface area (Å²) in [6.45, 7) is 6.19. The Hall–Kier alpha value is -2.97. The van der Waals surface area contributed by atoms with E-state index in [1.54, 1.807) is 63.2 Å². The normalized spacial score (nSPS) is 20.2. The van der Waals surface area contributed by atoms with Gasteiger partial charge in [-0.3, -0.25) is 9.69 Å². The van der Waals surface area contributed by atoms with E-state index in [1.807, 2.05) is 0 Å². The molecule has 38 heavy (non-hydrogen) atoms. The topological polar surface area (TPSA) is 96.4 Å². The lowest BCUT2D eigenvalue weighted by Crippen LogP contribution is -2.56. The summed E-state index contributed by atoms with van der Waals surface area (Å²) in [5.74, 6) is -0.845. The van der Waals surface area contributed by atoms with Crippen LogP contribution in [0.3, 0.4) is 0 Å². The number of rotatable bonds is 7. The van der Waals surface area contributed by atoms with E-state index in [9.17, 15) is 19.5 Å². The summed E-state index contributed by atoms with van der Waals surface area (Å²) in [7, 11) is 0. The van der Waals surface area contributed by atoms with Crippen LogP contribution in [0, 0.1) is 0 Å². The van der Waals surface area contributed by atoms with Crippen molar-refractivity contribution in [2.24, 2.45) is 0 Å². The van der Waals surface area contributed by atoms with Crippen LogP contribution in [0.1, 0.15) is 51.2 Å². The number of hydrogen-bond donors (Lipinski definition) is 1. The number of likely N-dealkylation sites (tertiary alicyclic amines) is 2. The lowest BCUT2D eigenvalue weighted by molar-refractivity contribution is -0.150. The van der Waals surface area contributed by atoms with Crippen molar-refractivity contribution in [3.8, 4) is 5.75 Å². The third-order valence-corrected chi connectivity index (χ3v) is 7.69. The summed E-state index contributed by atoms with van der Waals surface area (Å²) < 4.78 is 11.4. The maximum atomic E-state index is 13.6. The fraction of sp³-hybridized carbons (Fsp3) is 0.464. The van der Waals surface area contributed by atoms with Crippen molar-refractivity contribution >= 4 is 41.2 Å². The zero-order valence-corrected chi connectivity index (χ0v) is 23.2. The van der Waals surface area contributed by atoms with Gasteiger partial charge in [0.2, 0.25) is 5.91 Å². The van der Waals surface area contributed by atoms with Crippen LogP contribution in [0.5, 0.6) is 5.75 Å². The Bertz CT molecular complexity index is 1190. The van der Waals surface area contributed by atoms with Gasteiger partial charge in [-0.15, -0.1) is 0 Å². The highest BCUT2D eigenvalue weighted by atomic mass is 35.5. The number of carbonyl (C=O) groups is 3. The molecule has 2 atom stereocenters. The highest BCUT2D eigenvalue weighted by Gasteiger charge is 2.57. The van der Waals surface area contributed by atoms with Crippen LogP contribution in [0.2, 0.25) is 10.0 Å². The molecule has 2 aliphatic heterocycles. The van der Waals surface area contributed by atoms with Crippen molar-refractivity contribution in [3.05, 3.63) is 63.6 Å². The highest BCUT2D eigenvalue weighted by Crippen LogP contribution is 2.40. The van der Waals surface area contributed by atoms with E-state index in [-0.39, 0.29) is 25.5 Å². The Labute approximate surface area is 232 Å². The molecule has 2 aromatic rings. The van der Waals surface area contributed by atoms with Crippen LogP contribution in [-0.2, 0) is 27.4 Å². The van der Waals surface area contributed by atoms with Crippen molar-refractivity contribution in [1.29, 1.82) is 0 Å². The van der Waals surface area contributed by atoms with Gasteiger partial charge in [-0.2, -0.15) is 0 Å². The van der Waals surface area contributed by atoms with E-state index in [0.717, 1.165) is 5.56 Å². The molecule has 0 saturated carbocycles. The molecule has 0 radical (unpaired) electrons. The van der Waals surface area contributed by atoms with Gasteiger partial charge in [0.05, 0.1) is 0 Å². The fourth-order valence-corrected chi connectivity index (χ4v) is 5.63. The molecule has 0 bridgehead atoms. The Morgan fingerprint density at radius 2 is 1.71 bits per heavy atom. The molecule has 10 heteroatoms. The largest absolute Gasteiger partial charge is 0.489 e. The molecule has 1 N–H and O–H groups in total. The smallest absolute Gasteiger partial charge is 0.411 e. The zero-order chi connectivity index (χ0) is 27.7. The second-order valence-corrected chi connectivity index (χ2v) is 11.5. The molecule has 4 rings (SSSR count). The predicted octanol–water partition coefficient (Wildman–Crippen LogP) is 5.57. The van der Waals surface area contributed by atoms with Gasteiger partial charge in [0.1, 0.15) is 29.5 Å². The van der Waals surface area contributed by atoms with Crippen molar-refractivity contribution in [3.63, 3.8) is 0 Å². The first-order chi connectivity index (χ1) is 17.9. The number of benzene rings is 2. The Kier molecular flexibility index (Phi) is 8.14. The maximum Gasteiger partial charge on any atom is 0.411 e. The van der Waals surface area contributed by atoms with Crippen molar-refractivity contribution in [2.75, 3.05) is 13.1 Å². The van der Waals surface area contributed by atoms with Crippen molar-refractivity contribution in [1.82, 2.24) is 9.80 Å². The Morgan fingerprint density at radius 1 is 1.05 bits per heavy atom. The van der Waals surface area contributed by atoms with Gasteiger partial charge in [-0.05, 0) is 69.9 Å². The SMILES string of the molecule is CC(C)(C)OC(=O)N1CCC[C@]12CCN([C@@H](Cc1ccc(OCc3c(Cl)cccc3Cl)cc1)C(=O)O)C2=O. The maximum absolute atomic E-state index is 13.6. The molecule has 2 saturated heterocycles. The van der Waals surface area contributed by atoms with Crippen LogP contribution in [-0.4, -0.2) is 63.1 Å². The van der Waals surface area contributed by atoms with Crippen molar-refractivity contribution < 1.29 is 29.0 Å². The number of nitrogens with zero attached hydrogens (tertiary/aromatic N) is 2. The lowest BCUT2D eigenvalue weighted by atomic mass is 9.94. The standard InChI is InChI=1S/C28H32Cl2N2O6/c1-27(2,3)38-26(36)32-14-5-12-28(32)13-15-31(25(28)35)23(24(33)34)16-18-8-10-19(11-9-18)37-17-20-21(29)6-4-7-22(20)30/h4,6-11,23H,5,12-17H2,1-3H3,(H,33,34)/t23-,28+/m0/s1. The second kappa shape index (κ2) is 11.0. The van der Waals surface area contributed by atoms with Gasteiger partial charge in [-0.1, -0.05) is 41.4 Å². The molecule has 0 aliphatic carbocycles. The number of hydrogen-bond acceptors (Lipinski definition) is 5. The first-order valence-electron chi connectivity index (χ1n) is 12.6. The van der Waals surface area contributed by atoms with E-state index in [1.165, 1.54) is 9.80 Å². The molecule has 2 aromatic carbocycles. The summed E-state index contributed by atoms with van der Waals surface area (Å²) >= 11 is 12.4. The molecule has 1 spiro atoms. The molecule has 204 valence electrons. The quantitative estimate of drug-likeness (QED) is 0.473. The zero-order valence-electron chi connectivity index (χ0n) is 21.7. The predicted molar refractivity (Wildman–Crippen MR) is 144 cm³/mol. The third kappa shape index (κ3) is 5.86. The fourth-order valence-electron chi connectivity index (χ4n) is 5.12. The van der Waals surface area contributed by atoms with E-state index in [0.29, 0.717) is 47.2 Å². The average molecular weight is 563 g/mol. The average Bonchev–Trinajstić information content (AvgIpc) is 3.41. The minimum atomic E-state index is -1.09. The number of ether oxygens (including phenoxy) is 2. The second-order valence-electron chi connectivity index (χ2n) is 10.7. The minimum Gasteiger partial charge on any atom is -0.489 e. The van der Waals surface area contributed by atoms with Crippen LogP contribution in [0.15, 0.2) is 42.5 Å². The van der Waals surface area contributed by atoms with Gasteiger partial charge >= 0.3 is 12.1 Å². The summed E-state index contributed by atoms with van der Waals surface area (Å²) in [5, 5.41) is 11.1. The molecule has 0 unspecified atom stereocenters. The number of carbonyl (C=O) groups excluding carboxylic acids is 2. The van der Waals surface area contributed by atoms with E-state index >= 15 is 0 Å². The first kappa shape index (κ1) is 28.0. The molecule has 2 aliphatic rings. The number of carboxylic acid groups (broad SMARTS) is 1. The monoisotopic (exact) mass is 562 g/mol. The highest BCUT2D eigenvalue weighted by molar-refractivity contribution is 6.35. The van der Waals surface area contributed by atoms with Crippen LogP contribution in [0.25, 0.3) is 0 Å². The van der Waals surface area contributed by atoms with Gasteiger partial charge in [0.25, 0.3) is 0 Å². The van der Waals surface area contributed by atoms with Gasteiger partial charge in [-0.25, -0.2) is 9.59 Å². The molecule has 2 fully saturated rings. The first-order valence-corrected chi connectivity index (χ1v) is 13.4. The summed E-state index contributed by atoms with van der Waals surface area (Å²) in [6, 6.07) is 11.2. The number of halogens is 2. The molecular formula is C28H32Cl2N2O6. The van der Waals surface area contributed by atoms with Crippen LogP contribution in [0.4, 0.5) is 4.79 Å². The number of amides is 2. The molecule has 2 amide bonds. The number of aliphatic carboxylic acids is 1. The van der Waals surface area contributed by atoms with E-state index in [2.05, 4.69) is 0 Å². The van der Waals surface area contributed by atoms with Crippen LogP contribution < -0.4 is 4.74 Å². The molecule has 8 nitrogen and oxygen atoms in total. The Balaban J connectivity index is 1.44. The summed E-state index contributed by atoms with van der Waals surface area (Å²) in [4.78, 5) is 41.7. The Morgan fingerprint density at radius 3 is 2.32 bits per heavy atom.